The molecule has 0 N–H and O–H groups in total. The van der Waals surface area contributed by atoms with Crippen LogP contribution >= 0.6 is 11.8 Å². The standard InChI is InChI=1S/C26H24N2O6S3/c1-18-8-12-23(13-9-18)36(29,30)33-24-17-35-26(21-11-10-19(2)20(16-21)14-15-27)25(24)28-34-37(31,32)22-6-4-3-5-7-22/h3-10,12-13,16,24H,11,14,17H2,1-2H3. The molecule has 0 bridgehead atoms. The maximum Gasteiger partial charge on any atom is 0.358 e. The van der Waals surface area contributed by atoms with E-state index in [2.05, 4.69) is 11.2 Å². The van der Waals surface area contributed by atoms with Crippen LogP contribution in [-0.4, -0.2) is 34.4 Å². The molecular formula is C26H24N2O6S3. The molecule has 0 radical (unpaired) electrons. The highest BCUT2D eigenvalue weighted by atomic mass is 32.2. The SMILES string of the molecule is CC1=CCC(=C2SCC(OS(=O)(=O)c3ccc(C)cc3)C2=NOS(=O)(=O)c2ccccc2)C=C1CC#N. The molecule has 8 nitrogen and oxygen atoms in total. The monoisotopic (exact) mass is 556 g/mol. The highest BCUT2D eigenvalue weighted by molar-refractivity contribution is 8.04. The highest BCUT2D eigenvalue weighted by Gasteiger charge is 2.37. The molecule has 0 saturated carbocycles. The third kappa shape index (κ3) is 6.22. The van der Waals surface area contributed by atoms with Crippen molar-refractivity contribution < 1.29 is 25.3 Å². The van der Waals surface area contributed by atoms with Crippen LogP contribution in [0.2, 0.25) is 0 Å². The Kier molecular flexibility index (Phi) is 8.04. The van der Waals surface area contributed by atoms with Crippen LogP contribution in [-0.2, 0) is 28.7 Å². The number of rotatable bonds is 7. The Hall–Kier alpha value is -3.17. The minimum absolute atomic E-state index is 0.0196. The van der Waals surface area contributed by atoms with Gasteiger partial charge >= 0.3 is 10.1 Å². The quantitative estimate of drug-likeness (QED) is 0.344. The van der Waals surface area contributed by atoms with Crippen molar-refractivity contribution >= 4 is 37.7 Å². The van der Waals surface area contributed by atoms with Crippen molar-refractivity contribution in [1.29, 1.82) is 5.26 Å². The molecule has 1 aliphatic carbocycles. The molecule has 4 rings (SSSR count). The molecule has 2 aromatic rings. The van der Waals surface area contributed by atoms with Crippen molar-refractivity contribution in [2.24, 2.45) is 5.16 Å². The Balaban J connectivity index is 1.73. The zero-order chi connectivity index (χ0) is 26.6. The number of nitrogens with zero attached hydrogens (tertiary/aromatic N) is 2. The average molecular weight is 557 g/mol. The lowest BCUT2D eigenvalue weighted by Gasteiger charge is -2.16. The summed E-state index contributed by atoms with van der Waals surface area (Å²) in [7, 11) is -8.42. The zero-order valence-electron chi connectivity index (χ0n) is 20.1. The van der Waals surface area contributed by atoms with E-state index in [1.54, 1.807) is 30.3 Å². The third-order valence-corrected chi connectivity index (χ3v) is 9.46. The predicted molar refractivity (Wildman–Crippen MR) is 142 cm³/mol. The summed E-state index contributed by atoms with van der Waals surface area (Å²) < 4.78 is 62.1. The molecule has 192 valence electrons. The van der Waals surface area contributed by atoms with Crippen molar-refractivity contribution in [3.8, 4) is 6.07 Å². The van der Waals surface area contributed by atoms with E-state index in [9.17, 15) is 22.1 Å². The Morgan fingerprint density at radius 2 is 1.68 bits per heavy atom. The predicted octanol–water partition coefficient (Wildman–Crippen LogP) is 5.02. The van der Waals surface area contributed by atoms with Crippen LogP contribution in [0.3, 0.4) is 0 Å². The minimum Gasteiger partial charge on any atom is -0.264 e. The Labute approximate surface area is 221 Å². The third-order valence-electron chi connectivity index (χ3n) is 5.78. The van der Waals surface area contributed by atoms with Crippen LogP contribution in [0.5, 0.6) is 0 Å². The molecule has 1 atom stereocenters. The van der Waals surface area contributed by atoms with Crippen LogP contribution in [0.4, 0.5) is 0 Å². The average Bonchev–Trinajstić information content (AvgIpc) is 3.26. The summed E-state index contributed by atoms with van der Waals surface area (Å²) in [5.74, 6) is 0.182. The van der Waals surface area contributed by atoms with Crippen molar-refractivity contribution in [3.05, 3.63) is 93.9 Å². The summed E-state index contributed by atoms with van der Waals surface area (Å²) >= 11 is 1.30. The summed E-state index contributed by atoms with van der Waals surface area (Å²) in [5.41, 5.74) is 3.54. The van der Waals surface area contributed by atoms with Gasteiger partial charge in [-0.1, -0.05) is 58.8 Å². The van der Waals surface area contributed by atoms with Gasteiger partial charge in [-0.15, -0.1) is 11.8 Å². The van der Waals surface area contributed by atoms with E-state index in [1.165, 1.54) is 36.0 Å². The van der Waals surface area contributed by atoms with Gasteiger partial charge in [0, 0.05) is 10.7 Å². The van der Waals surface area contributed by atoms with Gasteiger partial charge in [0.2, 0.25) is 0 Å². The highest BCUT2D eigenvalue weighted by Crippen LogP contribution is 2.39. The Morgan fingerprint density at radius 1 is 1.00 bits per heavy atom. The number of aryl methyl sites for hydroxylation is 1. The number of hydrogen-bond acceptors (Lipinski definition) is 9. The van der Waals surface area contributed by atoms with Crippen LogP contribution in [0.1, 0.15) is 25.3 Å². The number of hydrogen-bond donors (Lipinski definition) is 0. The fraction of sp³-hybridized carbons (Fsp3) is 0.231. The molecule has 2 aliphatic rings. The topological polar surface area (TPSA) is 123 Å². The molecule has 1 heterocycles. The smallest absolute Gasteiger partial charge is 0.264 e. The van der Waals surface area contributed by atoms with Crippen LogP contribution in [0, 0.1) is 18.3 Å². The fourth-order valence-electron chi connectivity index (χ4n) is 3.73. The first-order chi connectivity index (χ1) is 17.6. The molecular weight excluding hydrogens is 532 g/mol. The maximum atomic E-state index is 13.0. The van der Waals surface area contributed by atoms with Crippen LogP contribution in [0.25, 0.3) is 0 Å². The largest absolute Gasteiger partial charge is 0.358 e. The molecule has 1 fully saturated rings. The van der Waals surface area contributed by atoms with Gasteiger partial charge in [0.05, 0.1) is 17.4 Å². The van der Waals surface area contributed by atoms with Crippen molar-refractivity contribution in [2.45, 2.75) is 42.6 Å². The van der Waals surface area contributed by atoms with E-state index >= 15 is 0 Å². The van der Waals surface area contributed by atoms with Crippen molar-refractivity contribution in [3.63, 3.8) is 0 Å². The number of nitriles is 1. The van der Waals surface area contributed by atoms with E-state index in [4.69, 9.17) is 8.47 Å². The second-order valence-corrected chi connectivity index (χ2v) is 12.6. The molecule has 1 aliphatic heterocycles. The first-order valence-corrected chi connectivity index (χ1v) is 15.1. The first kappa shape index (κ1) is 26.9. The summed E-state index contributed by atoms with van der Waals surface area (Å²) in [6.07, 6.45) is 3.46. The van der Waals surface area contributed by atoms with E-state index in [-0.39, 0.29) is 27.7 Å². The fourth-order valence-corrected chi connectivity index (χ4v) is 6.81. The van der Waals surface area contributed by atoms with Crippen LogP contribution < -0.4 is 0 Å². The lowest BCUT2D eigenvalue weighted by Crippen LogP contribution is -2.26. The lowest BCUT2D eigenvalue weighted by molar-refractivity contribution is 0.285. The maximum absolute atomic E-state index is 13.0. The second-order valence-electron chi connectivity index (χ2n) is 8.43. The van der Waals surface area contributed by atoms with Gasteiger partial charge in [-0.3, -0.25) is 8.47 Å². The van der Waals surface area contributed by atoms with Gasteiger partial charge in [-0.25, -0.2) is 0 Å². The van der Waals surface area contributed by atoms with Crippen molar-refractivity contribution in [2.75, 3.05) is 5.75 Å². The first-order valence-electron chi connectivity index (χ1n) is 11.3. The van der Waals surface area contributed by atoms with Gasteiger partial charge in [-0.2, -0.15) is 22.1 Å². The van der Waals surface area contributed by atoms with Crippen LogP contribution in [0.15, 0.2) is 103 Å². The number of benzene rings is 2. The minimum atomic E-state index is -4.25. The summed E-state index contributed by atoms with van der Waals surface area (Å²) in [5, 5.41) is 13.1. The molecule has 2 aromatic carbocycles. The summed E-state index contributed by atoms with van der Waals surface area (Å²) in [4.78, 5) is 0.455. The normalized spacial score (nSPS) is 21.3. The number of oxime groups is 1. The van der Waals surface area contributed by atoms with Gasteiger partial charge in [0.1, 0.15) is 16.7 Å². The van der Waals surface area contributed by atoms with Gasteiger partial charge in [0.15, 0.2) is 0 Å². The van der Waals surface area contributed by atoms with Gasteiger partial charge < -0.3 is 0 Å². The number of allylic oxidation sites excluding steroid dienone is 5. The van der Waals surface area contributed by atoms with E-state index in [0.29, 0.717) is 11.3 Å². The van der Waals surface area contributed by atoms with Crippen molar-refractivity contribution in [1.82, 2.24) is 0 Å². The molecule has 0 aromatic heterocycles. The lowest BCUT2D eigenvalue weighted by atomic mass is 9.92. The van der Waals surface area contributed by atoms with E-state index < -0.39 is 26.3 Å². The van der Waals surface area contributed by atoms with Gasteiger partial charge in [-0.05, 0) is 55.7 Å². The Bertz CT molecular complexity index is 1560. The summed E-state index contributed by atoms with van der Waals surface area (Å²) in [6.45, 7) is 3.75. The van der Waals surface area contributed by atoms with E-state index in [1.807, 2.05) is 26.0 Å². The molecule has 0 spiro atoms. The molecule has 1 saturated heterocycles. The van der Waals surface area contributed by atoms with E-state index in [0.717, 1.165) is 22.3 Å². The summed E-state index contributed by atoms with van der Waals surface area (Å²) in [6, 6.07) is 15.9. The molecule has 37 heavy (non-hydrogen) atoms. The molecule has 11 heteroatoms. The zero-order valence-corrected chi connectivity index (χ0v) is 22.6. The molecule has 0 amide bonds. The molecule has 1 unspecified atom stereocenters. The van der Waals surface area contributed by atoms with Gasteiger partial charge in [0.25, 0.3) is 10.1 Å². The Morgan fingerprint density at radius 3 is 2.35 bits per heavy atom. The number of thioether (sulfide) groups is 1. The second kappa shape index (κ2) is 11.1.